The standard InChI is InChI=1S/C23H24F2N2O4/c1-14(23(29)26-17-3-5-20-21(13-17)31-11-10-30-20)27-8-6-15(7-9-27)22(28)18-12-16(24)2-4-19(18)25/h2-5,12-15H,6-11H2,1H3,(H,26,29). The molecule has 1 unspecified atom stereocenters. The number of amides is 1. The molecule has 2 aliphatic rings. The first-order chi connectivity index (χ1) is 14.9. The molecule has 31 heavy (non-hydrogen) atoms. The summed E-state index contributed by atoms with van der Waals surface area (Å²) in [7, 11) is 0. The number of Topliss-reactive ketones (excluding diaryl/α,β-unsaturated/α-hetero) is 1. The molecule has 0 radical (unpaired) electrons. The van der Waals surface area contributed by atoms with Crippen molar-refractivity contribution in [2.24, 2.45) is 5.92 Å². The first-order valence-electron chi connectivity index (χ1n) is 10.4. The predicted molar refractivity (Wildman–Crippen MR) is 111 cm³/mol. The van der Waals surface area contributed by atoms with E-state index in [9.17, 15) is 18.4 Å². The molecule has 2 aromatic carbocycles. The molecule has 2 aromatic rings. The van der Waals surface area contributed by atoms with Crippen molar-refractivity contribution in [2.45, 2.75) is 25.8 Å². The third-order valence-electron chi connectivity index (χ3n) is 5.83. The number of benzene rings is 2. The molecule has 6 nitrogen and oxygen atoms in total. The van der Waals surface area contributed by atoms with Gasteiger partial charge < -0.3 is 14.8 Å². The van der Waals surface area contributed by atoms with Crippen LogP contribution in [0.2, 0.25) is 0 Å². The normalized spacial score (nSPS) is 17.8. The minimum Gasteiger partial charge on any atom is -0.486 e. The highest BCUT2D eigenvalue weighted by atomic mass is 19.1. The van der Waals surface area contributed by atoms with Crippen LogP contribution in [0.25, 0.3) is 0 Å². The second kappa shape index (κ2) is 9.01. The zero-order chi connectivity index (χ0) is 22.0. The third-order valence-corrected chi connectivity index (χ3v) is 5.83. The number of hydrogen-bond acceptors (Lipinski definition) is 5. The van der Waals surface area contributed by atoms with Gasteiger partial charge in [-0.3, -0.25) is 14.5 Å². The van der Waals surface area contributed by atoms with E-state index >= 15 is 0 Å². The molecule has 1 atom stereocenters. The second-order valence-corrected chi connectivity index (χ2v) is 7.82. The van der Waals surface area contributed by atoms with Gasteiger partial charge in [0.1, 0.15) is 24.8 Å². The lowest BCUT2D eigenvalue weighted by Gasteiger charge is -2.34. The van der Waals surface area contributed by atoms with Gasteiger partial charge in [-0.15, -0.1) is 0 Å². The average molecular weight is 430 g/mol. The molecule has 0 aromatic heterocycles. The number of nitrogens with zero attached hydrogens (tertiary/aromatic N) is 1. The lowest BCUT2D eigenvalue weighted by molar-refractivity contribution is -0.121. The molecule has 0 bridgehead atoms. The summed E-state index contributed by atoms with van der Waals surface area (Å²) in [5, 5.41) is 2.89. The molecule has 1 amide bonds. The number of carbonyl (C=O) groups excluding carboxylic acids is 2. The van der Waals surface area contributed by atoms with Crippen LogP contribution in [-0.4, -0.2) is 48.9 Å². The van der Waals surface area contributed by atoms with E-state index in [-0.39, 0.29) is 23.2 Å². The van der Waals surface area contributed by atoms with Crippen molar-refractivity contribution in [3.63, 3.8) is 0 Å². The number of fused-ring (bicyclic) bond motifs is 1. The van der Waals surface area contributed by atoms with Crippen LogP contribution >= 0.6 is 0 Å². The van der Waals surface area contributed by atoms with E-state index in [1.54, 1.807) is 18.2 Å². The van der Waals surface area contributed by atoms with Gasteiger partial charge in [0, 0.05) is 17.7 Å². The van der Waals surface area contributed by atoms with Gasteiger partial charge in [-0.25, -0.2) is 8.78 Å². The number of piperidine rings is 1. The van der Waals surface area contributed by atoms with Gasteiger partial charge in [0.15, 0.2) is 17.3 Å². The molecule has 0 saturated carbocycles. The summed E-state index contributed by atoms with van der Waals surface area (Å²) in [6.07, 6.45) is 0.965. The van der Waals surface area contributed by atoms with Gasteiger partial charge in [0.25, 0.3) is 0 Å². The molecule has 1 saturated heterocycles. The maximum absolute atomic E-state index is 13.9. The Balaban J connectivity index is 1.33. The average Bonchev–Trinajstić information content (AvgIpc) is 2.79. The highest BCUT2D eigenvalue weighted by molar-refractivity contribution is 5.98. The number of anilines is 1. The summed E-state index contributed by atoms with van der Waals surface area (Å²) in [6.45, 7) is 3.81. The number of nitrogens with one attached hydrogen (secondary N) is 1. The molecule has 4 rings (SSSR count). The Morgan fingerprint density at radius 3 is 2.48 bits per heavy atom. The largest absolute Gasteiger partial charge is 0.486 e. The quantitative estimate of drug-likeness (QED) is 0.734. The van der Waals surface area contributed by atoms with Gasteiger partial charge in [0.2, 0.25) is 5.91 Å². The van der Waals surface area contributed by atoms with E-state index in [0.717, 1.165) is 18.2 Å². The number of hydrogen-bond donors (Lipinski definition) is 1. The van der Waals surface area contributed by atoms with Gasteiger partial charge in [-0.2, -0.15) is 0 Å². The van der Waals surface area contributed by atoms with E-state index in [0.29, 0.717) is 56.3 Å². The fourth-order valence-corrected chi connectivity index (χ4v) is 3.99. The summed E-state index contributed by atoms with van der Waals surface area (Å²) in [4.78, 5) is 27.3. The summed E-state index contributed by atoms with van der Waals surface area (Å²) in [6, 6.07) is 7.77. The monoisotopic (exact) mass is 430 g/mol. The van der Waals surface area contributed by atoms with E-state index in [4.69, 9.17) is 9.47 Å². The second-order valence-electron chi connectivity index (χ2n) is 7.82. The highest BCUT2D eigenvalue weighted by Gasteiger charge is 2.31. The van der Waals surface area contributed by atoms with Crippen LogP contribution in [0.4, 0.5) is 14.5 Å². The maximum atomic E-state index is 13.9. The van der Waals surface area contributed by atoms with Crippen LogP contribution in [0.15, 0.2) is 36.4 Å². The molecule has 1 fully saturated rings. The van der Waals surface area contributed by atoms with Crippen molar-refractivity contribution in [3.05, 3.63) is 53.6 Å². The van der Waals surface area contributed by atoms with Crippen LogP contribution in [0.1, 0.15) is 30.1 Å². The molecule has 8 heteroatoms. The molecule has 2 heterocycles. The molecule has 2 aliphatic heterocycles. The number of halogens is 2. The fourth-order valence-electron chi connectivity index (χ4n) is 3.99. The Morgan fingerprint density at radius 1 is 1.03 bits per heavy atom. The third kappa shape index (κ3) is 4.69. The van der Waals surface area contributed by atoms with Gasteiger partial charge in [0.05, 0.1) is 11.6 Å². The van der Waals surface area contributed by atoms with Crippen molar-refractivity contribution < 1.29 is 27.8 Å². The summed E-state index contributed by atoms with van der Waals surface area (Å²) < 4.78 is 38.4. The van der Waals surface area contributed by atoms with Crippen LogP contribution in [0, 0.1) is 17.6 Å². The summed E-state index contributed by atoms with van der Waals surface area (Å²) in [5.41, 5.74) is 0.413. The molecule has 0 spiro atoms. The SMILES string of the molecule is CC(C(=O)Nc1ccc2c(c1)OCCO2)N1CCC(C(=O)c2cc(F)ccc2F)CC1. The van der Waals surface area contributed by atoms with E-state index in [2.05, 4.69) is 5.32 Å². The fraction of sp³-hybridized carbons (Fsp3) is 0.391. The Labute approximate surface area is 179 Å². The topological polar surface area (TPSA) is 67.9 Å². The number of ketones is 1. The van der Waals surface area contributed by atoms with Crippen molar-refractivity contribution >= 4 is 17.4 Å². The smallest absolute Gasteiger partial charge is 0.241 e. The van der Waals surface area contributed by atoms with Crippen LogP contribution in [0.3, 0.4) is 0 Å². The van der Waals surface area contributed by atoms with Gasteiger partial charge >= 0.3 is 0 Å². The van der Waals surface area contributed by atoms with Crippen LogP contribution in [-0.2, 0) is 4.79 Å². The molecule has 0 aliphatic carbocycles. The van der Waals surface area contributed by atoms with E-state index in [1.165, 1.54) is 0 Å². The Bertz CT molecular complexity index is 990. The highest BCUT2D eigenvalue weighted by Crippen LogP contribution is 2.33. The van der Waals surface area contributed by atoms with Gasteiger partial charge in [-0.1, -0.05) is 0 Å². The van der Waals surface area contributed by atoms with Crippen molar-refractivity contribution in [2.75, 3.05) is 31.6 Å². The molecular formula is C23H24F2N2O4. The zero-order valence-corrected chi connectivity index (χ0v) is 17.2. The summed E-state index contributed by atoms with van der Waals surface area (Å²) in [5.74, 6) is -1.03. The number of likely N-dealkylation sites (tertiary alicyclic amines) is 1. The maximum Gasteiger partial charge on any atom is 0.241 e. The lowest BCUT2D eigenvalue weighted by Crippen LogP contribution is -2.47. The Kier molecular flexibility index (Phi) is 6.18. The zero-order valence-electron chi connectivity index (χ0n) is 17.2. The van der Waals surface area contributed by atoms with Crippen molar-refractivity contribution in [1.29, 1.82) is 0 Å². The minimum atomic E-state index is -0.707. The Morgan fingerprint density at radius 2 is 1.74 bits per heavy atom. The lowest BCUT2D eigenvalue weighted by atomic mass is 9.88. The van der Waals surface area contributed by atoms with Crippen molar-refractivity contribution in [3.8, 4) is 11.5 Å². The summed E-state index contributed by atoms with van der Waals surface area (Å²) >= 11 is 0. The molecule has 164 valence electrons. The first-order valence-corrected chi connectivity index (χ1v) is 10.4. The van der Waals surface area contributed by atoms with Crippen molar-refractivity contribution in [1.82, 2.24) is 4.90 Å². The van der Waals surface area contributed by atoms with Crippen LogP contribution < -0.4 is 14.8 Å². The minimum absolute atomic E-state index is 0.169. The van der Waals surface area contributed by atoms with Crippen LogP contribution in [0.5, 0.6) is 11.5 Å². The predicted octanol–water partition coefficient (Wildman–Crippen LogP) is 3.66. The molecule has 1 N–H and O–H groups in total. The number of ether oxygens (including phenoxy) is 2. The van der Waals surface area contributed by atoms with E-state index in [1.807, 2.05) is 11.8 Å². The number of carbonyl (C=O) groups is 2. The van der Waals surface area contributed by atoms with Gasteiger partial charge in [-0.05, 0) is 63.2 Å². The van der Waals surface area contributed by atoms with E-state index < -0.39 is 17.7 Å². The number of rotatable bonds is 5. The Hall–Kier alpha value is -3.00. The molecular weight excluding hydrogens is 406 g/mol. The first kappa shape index (κ1) is 21.2.